The van der Waals surface area contributed by atoms with Crippen molar-refractivity contribution >= 4 is 17.3 Å². The van der Waals surface area contributed by atoms with Gasteiger partial charge in [0.15, 0.2) is 0 Å². The summed E-state index contributed by atoms with van der Waals surface area (Å²) in [5, 5.41) is 3.20. The summed E-state index contributed by atoms with van der Waals surface area (Å²) in [4.78, 5) is 14.6. The number of nitrogens with two attached hydrogens (primary N) is 1. The fraction of sp³-hybridized carbons (Fsp3) is 0.632. The Morgan fingerprint density at radius 3 is 2.81 bits per heavy atom. The average molecular weight is 381 g/mol. The van der Waals surface area contributed by atoms with Gasteiger partial charge in [-0.25, -0.2) is 9.18 Å². The lowest BCUT2D eigenvalue weighted by molar-refractivity contribution is 0.0135. The van der Waals surface area contributed by atoms with E-state index < -0.39 is 12.1 Å². The van der Waals surface area contributed by atoms with Gasteiger partial charge in [-0.1, -0.05) is 0 Å². The number of rotatable bonds is 6. The molecule has 2 aliphatic heterocycles. The Labute approximate surface area is 158 Å². The lowest BCUT2D eigenvalue weighted by Gasteiger charge is -2.31. The number of hydrogen-bond acceptors (Lipinski definition) is 7. The number of carbonyl (C=O) groups is 1. The van der Waals surface area contributed by atoms with Crippen LogP contribution in [0.1, 0.15) is 29.3 Å². The van der Waals surface area contributed by atoms with Crippen LogP contribution in [0.3, 0.4) is 0 Å². The van der Waals surface area contributed by atoms with Crippen molar-refractivity contribution in [2.75, 3.05) is 56.8 Å². The molecule has 2 unspecified atom stereocenters. The Bertz CT molecular complexity index is 652. The predicted molar refractivity (Wildman–Crippen MR) is 101 cm³/mol. The first kappa shape index (κ1) is 19.9. The normalized spacial score (nSPS) is 23.3. The summed E-state index contributed by atoms with van der Waals surface area (Å²) in [6.45, 7) is 5.71. The van der Waals surface area contributed by atoms with Gasteiger partial charge in [0.2, 0.25) is 0 Å². The van der Waals surface area contributed by atoms with Crippen LogP contribution < -0.4 is 16.0 Å². The molecular formula is C19H28FN3O4. The van der Waals surface area contributed by atoms with Gasteiger partial charge in [-0.3, -0.25) is 0 Å². The molecule has 2 heterocycles. The summed E-state index contributed by atoms with van der Waals surface area (Å²) >= 11 is 0. The lowest BCUT2D eigenvalue weighted by Crippen LogP contribution is -2.44. The molecule has 150 valence electrons. The van der Waals surface area contributed by atoms with Gasteiger partial charge in [0, 0.05) is 32.3 Å². The number of nitrogens with one attached hydrogen (secondary N) is 1. The Hall–Kier alpha value is -1.90. The topological polar surface area (TPSA) is 86.0 Å². The zero-order valence-corrected chi connectivity index (χ0v) is 15.7. The summed E-state index contributed by atoms with van der Waals surface area (Å²) in [5.74, 6) is -0.396. The maximum Gasteiger partial charge on any atom is 0.338 e. The molecule has 0 radical (unpaired) electrons. The summed E-state index contributed by atoms with van der Waals surface area (Å²) in [7, 11) is 0. The van der Waals surface area contributed by atoms with Crippen molar-refractivity contribution in [1.29, 1.82) is 0 Å². The number of halogens is 1. The SMILES string of the molecule is CCOC(=O)c1cc(N2CCOCC2)c(N)cc1CNC1CCOCC1F. The molecule has 2 saturated heterocycles. The van der Waals surface area contributed by atoms with Crippen LogP contribution in [-0.4, -0.2) is 64.3 Å². The molecule has 27 heavy (non-hydrogen) atoms. The molecule has 3 rings (SSSR count). The number of hydrogen-bond donors (Lipinski definition) is 2. The molecular weight excluding hydrogens is 353 g/mol. The van der Waals surface area contributed by atoms with Crippen molar-refractivity contribution in [2.24, 2.45) is 0 Å². The highest BCUT2D eigenvalue weighted by Crippen LogP contribution is 2.29. The maximum atomic E-state index is 14.0. The van der Waals surface area contributed by atoms with Gasteiger partial charge in [-0.05, 0) is 31.0 Å². The maximum absolute atomic E-state index is 14.0. The molecule has 3 N–H and O–H groups in total. The number of nitrogen functional groups attached to an aromatic ring is 1. The zero-order valence-electron chi connectivity index (χ0n) is 15.7. The van der Waals surface area contributed by atoms with E-state index in [0.717, 1.165) is 18.8 Å². The van der Waals surface area contributed by atoms with Crippen LogP contribution in [0.15, 0.2) is 12.1 Å². The van der Waals surface area contributed by atoms with E-state index in [0.29, 0.717) is 49.6 Å². The molecule has 2 fully saturated rings. The molecule has 2 atom stereocenters. The van der Waals surface area contributed by atoms with Gasteiger partial charge in [0.25, 0.3) is 0 Å². The molecule has 0 amide bonds. The minimum absolute atomic E-state index is 0.0977. The number of nitrogens with zero attached hydrogens (tertiary/aromatic N) is 1. The summed E-state index contributed by atoms with van der Waals surface area (Å²) in [6.07, 6.45) is -0.466. The molecule has 1 aromatic carbocycles. The highest BCUT2D eigenvalue weighted by molar-refractivity contribution is 5.94. The van der Waals surface area contributed by atoms with Crippen LogP contribution in [-0.2, 0) is 20.8 Å². The van der Waals surface area contributed by atoms with Gasteiger partial charge in [-0.2, -0.15) is 0 Å². The molecule has 0 saturated carbocycles. The first-order valence-corrected chi connectivity index (χ1v) is 9.47. The molecule has 0 bridgehead atoms. The largest absolute Gasteiger partial charge is 0.462 e. The third kappa shape index (κ3) is 4.88. The number of alkyl halides is 1. The van der Waals surface area contributed by atoms with E-state index in [2.05, 4.69) is 10.2 Å². The van der Waals surface area contributed by atoms with Crippen molar-refractivity contribution in [3.8, 4) is 0 Å². The summed E-state index contributed by atoms with van der Waals surface area (Å²) in [5.41, 5.74) is 8.84. The third-order valence-corrected chi connectivity index (χ3v) is 4.94. The molecule has 0 aromatic heterocycles. The Morgan fingerprint density at radius 2 is 2.11 bits per heavy atom. The Morgan fingerprint density at radius 1 is 1.33 bits per heavy atom. The van der Waals surface area contributed by atoms with Crippen molar-refractivity contribution < 1.29 is 23.4 Å². The van der Waals surface area contributed by atoms with E-state index in [1.807, 2.05) is 0 Å². The lowest BCUT2D eigenvalue weighted by atomic mass is 10.0. The zero-order chi connectivity index (χ0) is 19.2. The molecule has 0 spiro atoms. The van der Waals surface area contributed by atoms with E-state index in [4.69, 9.17) is 19.9 Å². The molecule has 1 aromatic rings. The van der Waals surface area contributed by atoms with E-state index in [9.17, 15) is 9.18 Å². The number of esters is 1. The van der Waals surface area contributed by atoms with E-state index >= 15 is 0 Å². The monoisotopic (exact) mass is 381 g/mol. The predicted octanol–water partition coefficient (Wildman–Crippen LogP) is 1.50. The second-order valence-corrected chi connectivity index (χ2v) is 6.76. The number of anilines is 2. The second kappa shape index (κ2) is 9.34. The minimum atomic E-state index is -1.06. The second-order valence-electron chi connectivity index (χ2n) is 6.76. The van der Waals surface area contributed by atoms with Gasteiger partial charge < -0.3 is 30.2 Å². The van der Waals surface area contributed by atoms with Crippen LogP contribution in [0.25, 0.3) is 0 Å². The van der Waals surface area contributed by atoms with Crippen molar-refractivity contribution in [3.05, 3.63) is 23.3 Å². The standard InChI is InChI=1S/C19H28FN3O4/c1-2-27-19(24)14-10-18(23-4-7-25-8-5-23)16(21)9-13(14)11-22-17-3-6-26-12-15(17)20/h9-10,15,17,22H,2-8,11-12,21H2,1H3. The van der Waals surface area contributed by atoms with Crippen LogP contribution >= 0.6 is 0 Å². The molecule has 0 aliphatic carbocycles. The number of benzene rings is 1. The first-order valence-electron chi connectivity index (χ1n) is 9.47. The minimum Gasteiger partial charge on any atom is -0.462 e. The molecule has 2 aliphatic rings. The Kier molecular flexibility index (Phi) is 6.87. The average Bonchev–Trinajstić information content (AvgIpc) is 2.68. The summed E-state index contributed by atoms with van der Waals surface area (Å²) < 4.78 is 29.7. The Balaban J connectivity index is 1.82. The van der Waals surface area contributed by atoms with Gasteiger partial charge in [0.1, 0.15) is 6.17 Å². The number of ether oxygens (including phenoxy) is 3. The quantitative estimate of drug-likeness (QED) is 0.570. The van der Waals surface area contributed by atoms with Crippen LogP contribution in [0.2, 0.25) is 0 Å². The van der Waals surface area contributed by atoms with Gasteiger partial charge in [-0.15, -0.1) is 0 Å². The van der Waals surface area contributed by atoms with Crippen molar-refractivity contribution in [1.82, 2.24) is 5.32 Å². The number of morpholine rings is 1. The highest BCUT2D eigenvalue weighted by atomic mass is 19.1. The van der Waals surface area contributed by atoms with E-state index in [1.54, 1.807) is 19.1 Å². The molecule has 7 nitrogen and oxygen atoms in total. The van der Waals surface area contributed by atoms with Crippen molar-refractivity contribution in [3.63, 3.8) is 0 Å². The van der Waals surface area contributed by atoms with Crippen LogP contribution in [0.4, 0.5) is 15.8 Å². The van der Waals surface area contributed by atoms with Gasteiger partial charge >= 0.3 is 5.97 Å². The smallest absolute Gasteiger partial charge is 0.338 e. The highest BCUT2D eigenvalue weighted by Gasteiger charge is 2.26. The number of carbonyl (C=O) groups excluding carboxylic acids is 1. The third-order valence-electron chi connectivity index (χ3n) is 4.94. The first-order chi connectivity index (χ1) is 13.1. The van der Waals surface area contributed by atoms with Gasteiger partial charge in [0.05, 0.1) is 43.4 Å². The molecule has 8 heteroatoms. The van der Waals surface area contributed by atoms with Crippen LogP contribution in [0.5, 0.6) is 0 Å². The fourth-order valence-electron chi connectivity index (χ4n) is 3.45. The van der Waals surface area contributed by atoms with Crippen molar-refractivity contribution in [2.45, 2.75) is 32.1 Å². The van der Waals surface area contributed by atoms with E-state index in [1.165, 1.54) is 0 Å². The van der Waals surface area contributed by atoms with E-state index in [-0.39, 0.29) is 19.3 Å². The summed E-state index contributed by atoms with van der Waals surface area (Å²) in [6, 6.07) is 3.28. The fourth-order valence-corrected chi connectivity index (χ4v) is 3.45. The van der Waals surface area contributed by atoms with Crippen LogP contribution in [0, 0.1) is 0 Å².